The van der Waals surface area contributed by atoms with E-state index in [1.807, 2.05) is 32.9 Å². The SMILES string of the molecule is COc1ncccc1[C@@H]1CCCN1[S+]([O-])C(C)(C)C. The molecule has 4 nitrogen and oxygen atoms in total. The number of pyridine rings is 1. The molecule has 5 heteroatoms. The van der Waals surface area contributed by atoms with Crippen LogP contribution in [0.4, 0.5) is 0 Å². The minimum absolute atomic E-state index is 0.142. The lowest BCUT2D eigenvalue weighted by molar-refractivity contribution is 0.350. The highest BCUT2D eigenvalue weighted by Crippen LogP contribution is 2.40. The van der Waals surface area contributed by atoms with Gasteiger partial charge in [0.05, 0.1) is 13.2 Å². The average molecular weight is 282 g/mol. The van der Waals surface area contributed by atoms with Crippen LogP contribution in [-0.4, -0.2) is 32.2 Å². The first-order valence-corrected chi connectivity index (χ1v) is 7.73. The predicted octanol–water partition coefficient (Wildman–Crippen LogP) is 2.69. The number of nitrogens with zero attached hydrogens (tertiary/aromatic N) is 2. The molecular formula is C14H22N2O2S. The lowest BCUT2D eigenvalue weighted by Gasteiger charge is -2.33. The third kappa shape index (κ3) is 3.04. The van der Waals surface area contributed by atoms with Crippen molar-refractivity contribution in [2.45, 2.75) is 44.4 Å². The molecule has 0 aliphatic carbocycles. The average Bonchev–Trinajstić information content (AvgIpc) is 2.85. The molecule has 0 aromatic carbocycles. The zero-order chi connectivity index (χ0) is 14.0. The van der Waals surface area contributed by atoms with Crippen molar-refractivity contribution in [2.24, 2.45) is 0 Å². The monoisotopic (exact) mass is 282 g/mol. The van der Waals surface area contributed by atoms with E-state index in [0.29, 0.717) is 5.88 Å². The molecular weight excluding hydrogens is 260 g/mol. The van der Waals surface area contributed by atoms with Gasteiger partial charge in [0.1, 0.15) is 4.75 Å². The van der Waals surface area contributed by atoms with E-state index in [-0.39, 0.29) is 10.8 Å². The molecule has 0 amide bonds. The normalized spacial score (nSPS) is 22.5. The molecule has 1 unspecified atom stereocenters. The van der Waals surface area contributed by atoms with E-state index in [0.717, 1.165) is 24.9 Å². The zero-order valence-electron chi connectivity index (χ0n) is 12.0. The Kier molecular flexibility index (Phi) is 4.38. The summed E-state index contributed by atoms with van der Waals surface area (Å²) in [7, 11) is 1.63. The molecule has 0 bridgehead atoms. The Balaban J connectivity index is 2.28. The standard InChI is InChI=1S/C14H22N2O2S/c1-14(2,3)19(17)16-10-6-8-12(16)11-7-5-9-15-13(11)18-4/h5,7,9,12H,6,8,10H2,1-4H3/t12-,19?/m0/s1. The van der Waals surface area contributed by atoms with Gasteiger partial charge in [-0.25, -0.2) is 4.98 Å². The topological polar surface area (TPSA) is 48.4 Å². The van der Waals surface area contributed by atoms with Crippen LogP contribution in [0.15, 0.2) is 18.3 Å². The van der Waals surface area contributed by atoms with Gasteiger partial charge in [-0.1, -0.05) is 6.07 Å². The van der Waals surface area contributed by atoms with Crippen molar-refractivity contribution in [1.29, 1.82) is 0 Å². The maximum atomic E-state index is 12.6. The van der Waals surface area contributed by atoms with Gasteiger partial charge in [0.25, 0.3) is 0 Å². The number of rotatable bonds is 3. The third-order valence-electron chi connectivity index (χ3n) is 3.29. The Hall–Kier alpha value is -0.780. The summed E-state index contributed by atoms with van der Waals surface area (Å²) in [4.78, 5) is 4.25. The van der Waals surface area contributed by atoms with E-state index in [1.54, 1.807) is 13.3 Å². The number of hydrogen-bond acceptors (Lipinski definition) is 4. The van der Waals surface area contributed by atoms with Crippen LogP contribution in [0.25, 0.3) is 0 Å². The second kappa shape index (κ2) is 5.69. The molecule has 1 fully saturated rings. The number of hydrogen-bond donors (Lipinski definition) is 0. The molecule has 19 heavy (non-hydrogen) atoms. The van der Waals surface area contributed by atoms with E-state index in [1.165, 1.54) is 0 Å². The molecule has 2 heterocycles. The van der Waals surface area contributed by atoms with E-state index in [4.69, 9.17) is 4.74 Å². The molecule has 2 rings (SSSR count). The second-order valence-corrected chi connectivity index (χ2v) is 7.95. The van der Waals surface area contributed by atoms with Gasteiger partial charge in [-0.2, -0.15) is 0 Å². The summed E-state index contributed by atoms with van der Waals surface area (Å²) < 4.78 is 19.8. The predicted molar refractivity (Wildman–Crippen MR) is 77.4 cm³/mol. The minimum Gasteiger partial charge on any atom is -0.597 e. The van der Waals surface area contributed by atoms with Crippen LogP contribution in [0.3, 0.4) is 0 Å². The van der Waals surface area contributed by atoms with Crippen molar-refractivity contribution in [2.75, 3.05) is 13.7 Å². The van der Waals surface area contributed by atoms with Gasteiger partial charge in [0.15, 0.2) is 0 Å². The van der Waals surface area contributed by atoms with Crippen molar-refractivity contribution >= 4 is 11.4 Å². The van der Waals surface area contributed by atoms with Crippen molar-refractivity contribution in [3.05, 3.63) is 23.9 Å². The summed E-state index contributed by atoms with van der Waals surface area (Å²) in [5, 5.41) is 0. The summed E-state index contributed by atoms with van der Waals surface area (Å²) in [5.74, 6) is 0.644. The van der Waals surface area contributed by atoms with Crippen LogP contribution in [-0.2, 0) is 11.4 Å². The summed E-state index contributed by atoms with van der Waals surface area (Å²) in [6.07, 6.45) is 3.79. The minimum atomic E-state index is -1.00. The fourth-order valence-electron chi connectivity index (χ4n) is 2.43. The highest BCUT2D eigenvalue weighted by molar-refractivity contribution is 7.90. The molecule has 1 saturated heterocycles. The maximum Gasteiger partial charge on any atom is 0.218 e. The molecule has 0 radical (unpaired) electrons. The summed E-state index contributed by atoms with van der Waals surface area (Å²) >= 11 is -1.00. The fraction of sp³-hybridized carbons (Fsp3) is 0.643. The third-order valence-corrected chi connectivity index (χ3v) is 5.20. The van der Waals surface area contributed by atoms with E-state index in [9.17, 15) is 4.55 Å². The maximum absolute atomic E-state index is 12.6. The van der Waals surface area contributed by atoms with Crippen LogP contribution in [0.5, 0.6) is 5.88 Å². The molecule has 1 aliphatic heterocycles. The van der Waals surface area contributed by atoms with Gasteiger partial charge in [0, 0.05) is 29.7 Å². The molecule has 2 atom stereocenters. The Morgan fingerprint density at radius 2 is 2.21 bits per heavy atom. The molecule has 0 saturated carbocycles. The molecule has 106 valence electrons. The number of aromatic nitrogens is 1. The summed E-state index contributed by atoms with van der Waals surface area (Å²) in [6, 6.07) is 4.08. The van der Waals surface area contributed by atoms with Gasteiger partial charge in [0.2, 0.25) is 5.88 Å². The molecule has 1 aliphatic rings. The first-order valence-electron chi connectivity index (χ1n) is 6.62. The Bertz CT molecular complexity index is 434. The quantitative estimate of drug-likeness (QED) is 0.800. The van der Waals surface area contributed by atoms with Crippen LogP contribution in [0.1, 0.15) is 45.2 Å². The second-order valence-electron chi connectivity index (χ2n) is 5.76. The van der Waals surface area contributed by atoms with Gasteiger partial charge in [-0.05, 0) is 39.7 Å². The van der Waals surface area contributed by atoms with E-state index < -0.39 is 11.4 Å². The van der Waals surface area contributed by atoms with Crippen LogP contribution in [0, 0.1) is 0 Å². The Labute approximate surface area is 118 Å². The summed E-state index contributed by atoms with van der Waals surface area (Å²) in [6.45, 7) is 6.91. The van der Waals surface area contributed by atoms with Gasteiger partial charge < -0.3 is 9.29 Å². The zero-order valence-corrected chi connectivity index (χ0v) is 12.9. The highest BCUT2D eigenvalue weighted by atomic mass is 32.2. The highest BCUT2D eigenvalue weighted by Gasteiger charge is 2.42. The Morgan fingerprint density at radius 3 is 2.84 bits per heavy atom. The van der Waals surface area contributed by atoms with Gasteiger partial charge in [-0.15, -0.1) is 4.31 Å². The van der Waals surface area contributed by atoms with Crippen molar-refractivity contribution in [3.8, 4) is 5.88 Å². The van der Waals surface area contributed by atoms with Crippen LogP contribution < -0.4 is 4.74 Å². The Morgan fingerprint density at radius 1 is 1.47 bits per heavy atom. The first kappa shape index (κ1) is 14.6. The van der Waals surface area contributed by atoms with E-state index >= 15 is 0 Å². The first-order chi connectivity index (χ1) is 8.95. The molecule has 1 aromatic heterocycles. The lowest BCUT2D eigenvalue weighted by atomic mass is 10.1. The van der Waals surface area contributed by atoms with E-state index in [2.05, 4.69) is 9.29 Å². The largest absolute Gasteiger partial charge is 0.597 e. The summed E-state index contributed by atoms with van der Waals surface area (Å²) in [5.41, 5.74) is 1.04. The van der Waals surface area contributed by atoms with Crippen LogP contribution in [0.2, 0.25) is 0 Å². The van der Waals surface area contributed by atoms with Gasteiger partial charge in [-0.3, -0.25) is 0 Å². The number of ether oxygens (including phenoxy) is 1. The fourth-order valence-corrected chi connectivity index (χ4v) is 3.88. The smallest absolute Gasteiger partial charge is 0.218 e. The van der Waals surface area contributed by atoms with Crippen molar-refractivity contribution < 1.29 is 9.29 Å². The van der Waals surface area contributed by atoms with Crippen molar-refractivity contribution in [1.82, 2.24) is 9.29 Å². The molecule has 0 N–H and O–H groups in total. The number of methoxy groups -OCH3 is 1. The van der Waals surface area contributed by atoms with Crippen molar-refractivity contribution in [3.63, 3.8) is 0 Å². The van der Waals surface area contributed by atoms with Crippen LogP contribution >= 0.6 is 0 Å². The lowest BCUT2D eigenvalue weighted by Crippen LogP contribution is -2.42. The molecule has 1 aromatic rings. The molecule has 0 spiro atoms. The van der Waals surface area contributed by atoms with Gasteiger partial charge >= 0.3 is 0 Å².